The van der Waals surface area contributed by atoms with Gasteiger partial charge in [0.2, 0.25) is 0 Å². The Morgan fingerprint density at radius 3 is 2.35 bits per heavy atom. The second-order valence-corrected chi connectivity index (χ2v) is 4.11. The summed E-state index contributed by atoms with van der Waals surface area (Å²) in [7, 11) is 0. The predicted octanol–water partition coefficient (Wildman–Crippen LogP) is 4.41. The van der Waals surface area contributed by atoms with Crippen LogP contribution in [0.2, 0.25) is 10.0 Å². The van der Waals surface area contributed by atoms with Crippen LogP contribution < -0.4 is 5.32 Å². The Hall–Kier alpha value is -1.39. The molecule has 1 aromatic carbocycles. The number of hydrogen-bond acceptors (Lipinski definition) is 2. The minimum atomic E-state index is -0.660. The molecular formula is C11H6Cl2F2N2. The zero-order valence-electron chi connectivity index (χ0n) is 8.35. The molecule has 17 heavy (non-hydrogen) atoms. The van der Waals surface area contributed by atoms with Gasteiger partial charge in [-0.05, 0) is 24.3 Å². The van der Waals surface area contributed by atoms with Crippen LogP contribution in [0.4, 0.5) is 20.3 Å². The molecule has 2 nitrogen and oxygen atoms in total. The maximum absolute atomic E-state index is 13.4. The molecular weight excluding hydrogens is 269 g/mol. The van der Waals surface area contributed by atoms with Crippen molar-refractivity contribution in [2.24, 2.45) is 0 Å². The van der Waals surface area contributed by atoms with Crippen LogP contribution in [0, 0.1) is 11.6 Å². The first-order valence-electron chi connectivity index (χ1n) is 4.59. The number of aromatic nitrogens is 1. The maximum atomic E-state index is 13.4. The topological polar surface area (TPSA) is 24.9 Å². The molecule has 0 aliphatic carbocycles. The molecule has 2 aromatic rings. The molecule has 1 heterocycles. The number of halogens is 4. The van der Waals surface area contributed by atoms with E-state index in [-0.39, 0.29) is 21.6 Å². The van der Waals surface area contributed by atoms with Gasteiger partial charge in [0.05, 0.1) is 10.7 Å². The molecule has 0 spiro atoms. The van der Waals surface area contributed by atoms with Gasteiger partial charge in [-0.1, -0.05) is 23.2 Å². The fraction of sp³-hybridized carbons (Fsp3) is 0. The van der Waals surface area contributed by atoms with Gasteiger partial charge in [0.25, 0.3) is 0 Å². The molecule has 0 aliphatic heterocycles. The Bertz CT molecular complexity index is 512. The van der Waals surface area contributed by atoms with Crippen molar-refractivity contribution in [3.8, 4) is 0 Å². The Morgan fingerprint density at radius 2 is 1.71 bits per heavy atom. The number of nitrogens with zero attached hydrogens (tertiary/aromatic N) is 1. The number of rotatable bonds is 2. The summed E-state index contributed by atoms with van der Waals surface area (Å²) in [6.07, 6.45) is 1.26. The second kappa shape index (κ2) is 4.85. The van der Waals surface area contributed by atoms with E-state index in [1.54, 1.807) is 0 Å². The number of hydrogen-bond donors (Lipinski definition) is 1. The summed E-state index contributed by atoms with van der Waals surface area (Å²) in [6, 6.07) is 5.09. The lowest BCUT2D eigenvalue weighted by Crippen LogP contribution is -1.98. The van der Waals surface area contributed by atoms with Gasteiger partial charge in [-0.25, -0.2) is 13.8 Å². The summed E-state index contributed by atoms with van der Waals surface area (Å²) in [4.78, 5) is 3.72. The van der Waals surface area contributed by atoms with E-state index in [4.69, 9.17) is 23.2 Å². The highest BCUT2D eigenvalue weighted by Crippen LogP contribution is 2.24. The molecule has 1 N–H and O–H groups in total. The summed E-state index contributed by atoms with van der Waals surface area (Å²) < 4.78 is 26.8. The normalized spacial score (nSPS) is 10.4. The molecule has 2 rings (SSSR count). The Kier molecular flexibility index (Phi) is 3.45. The van der Waals surface area contributed by atoms with Crippen molar-refractivity contribution in [1.29, 1.82) is 0 Å². The molecule has 0 atom stereocenters. The third kappa shape index (κ3) is 2.84. The Balaban J connectivity index is 2.31. The minimum absolute atomic E-state index is 0.0862. The van der Waals surface area contributed by atoms with Crippen LogP contribution in [-0.2, 0) is 0 Å². The predicted molar refractivity (Wildman–Crippen MR) is 63.9 cm³/mol. The second-order valence-electron chi connectivity index (χ2n) is 3.23. The largest absolute Gasteiger partial charge is 0.335 e. The van der Waals surface area contributed by atoms with Crippen LogP contribution in [0.1, 0.15) is 0 Å². The summed E-state index contributed by atoms with van der Waals surface area (Å²) in [5, 5.41) is 2.95. The van der Waals surface area contributed by atoms with E-state index in [1.165, 1.54) is 18.3 Å². The lowest BCUT2D eigenvalue weighted by atomic mass is 10.3. The average Bonchev–Trinajstić information content (AvgIpc) is 2.25. The van der Waals surface area contributed by atoms with Crippen LogP contribution >= 0.6 is 23.2 Å². The van der Waals surface area contributed by atoms with E-state index < -0.39 is 11.6 Å². The van der Waals surface area contributed by atoms with Gasteiger partial charge < -0.3 is 5.32 Å². The van der Waals surface area contributed by atoms with Crippen molar-refractivity contribution in [3.05, 3.63) is 52.1 Å². The van der Waals surface area contributed by atoms with Gasteiger partial charge in [0.15, 0.2) is 11.6 Å². The van der Waals surface area contributed by atoms with Gasteiger partial charge in [0, 0.05) is 11.2 Å². The molecule has 1 aromatic heterocycles. The number of anilines is 2. The third-order valence-electron chi connectivity index (χ3n) is 1.99. The van der Waals surface area contributed by atoms with Crippen molar-refractivity contribution in [2.75, 3.05) is 5.32 Å². The first kappa shape index (κ1) is 12.1. The molecule has 0 radical (unpaired) electrons. The molecule has 0 saturated carbocycles. The van der Waals surface area contributed by atoms with E-state index in [0.717, 1.165) is 12.1 Å². The fourth-order valence-corrected chi connectivity index (χ4v) is 1.53. The highest BCUT2D eigenvalue weighted by molar-refractivity contribution is 6.30. The lowest BCUT2D eigenvalue weighted by Gasteiger charge is -2.07. The Morgan fingerprint density at radius 1 is 1.00 bits per heavy atom. The van der Waals surface area contributed by atoms with Crippen LogP contribution in [0.25, 0.3) is 0 Å². The fourth-order valence-electron chi connectivity index (χ4n) is 1.22. The monoisotopic (exact) mass is 274 g/mol. The van der Waals surface area contributed by atoms with Crippen molar-refractivity contribution in [1.82, 2.24) is 4.98 Å². The number of nitrogens with one attached hydrogen (secondary N) is 1. The zero-order valence-corrected chi connectivity index (χ0v) is 9.86. The first-order valence-corrected chi connectivity index (χ1v) is 5.35. The van der Waals surface area contributed by atoms with E-state index >= 15 is 0 Å². The quantitative estimate of drug-likeness (QED) is 0.878. The number of pyridine rings is 1. The van der Waals surface area contributed by atoms with Crippen LogP contribution in [0.3, 0.4) is 0 Å². The lowest BCUT2D eigenvalue weighted by molar-refractivity contribution is 0.621. The number of benzene rings is 1. The molecule has 88 valence electrons. The standard InChI is InChI=1S/C11H6Cl2F2N2/c12-6-1-2-10(8(14)3-6)17-11-9(15)4-7(13)5-16-11/h1-5H,(H,16,17). The first-order chi connectivity index (χ1) is 8.06. The third-order valence-corrected chi connectivity index (χ3v) is 2.43. The molecule has 0 aliphatic rings. The summed E-state index contributed by atoms with van der Waals surface area (Å²) >= 11 is 11.1. The molecule has 0 saturated heterocycles. The summed E-state index contributed by atoms with van der Waals surface area (Å²) in [5.41, 5.74) is 0.0862. The van der Waals surface area contributed by atoms with E-state index in [1.807, 2.05) is 0 Å². The highest BCUT2D eigenvalue weighted by Gasteiger charge is 2.08. The SMILES string of the molecule is Fc1cc(Cl)ccc1Nc1ncc(Cl)cc1F. The van der Waals surface area contributed by atoms with Crippen molar-refractivity contribution >= 4 is 34.7 Å². The molecule has 0 unspecified atom stereocenters. The van der Waals surface area contributed by atoms with Crippen molar-refractivity contribution < 1.29 is 8.78 Å². The minimum Gasteiger partial charge on any atom is -0.335 e. The zero-order chi connectivity index (χ0) is 12.4. The van der Waals surface area contributed by atoms with E-state index in [9.17, 15) is 8.78 Å². The van der Waals surface area contributed by atoms with Gasteiger partial charge >= 0.3 is 0 Å². The van der Waals surface area contributed by atoms with Crippen LogP contribution in [-0.4, -0.2) is 4.98 Å². The van der Waals surface area contributed by atoms with Crippen molar-refractivity contribution in [2.45, 2.75) is 0 Å². The van der Waals surface area contributed by atoms with E-state index in [0.29, 0.717) is 0 Å². The summed E-state index contributed by atoms with van der Waals surface area (Å²) in [5.74, 6) is -1.35. The Labute approximate surface area is 106 Å². The van der Waals surface area contributed by atoms with Gasteiger partial charge in [-0.2, -0.15) is 0 Å². The molecule has 0 fully saturated rings. The van der Waals surface area contributed by atoms with Gasteiger partial charge in [0.1, 0.15) is 5.82 Å². The molecule has 6 heteroatoms. The molecule has 0 bridgehead atoms. The highest BCUT2D eigenvalue weighted by atomic mass is 35.5. The van der Waals surface area contributed by atoms with Gasteiger partial charge in [-0.15, -0.1) is 0 Å². The van der Waals surface area contributed by atoms with Crippen molar-refractivity contribution in [3.63, 3.8) is 0 Å². The smallest absolute Gasteiger partial charge is 0.167 e. The maximum Gasteiger partial charge on any atom is 0.167 e. The van der Waals surface area contributed by atoms with Crippen LogP contribution in [0.15, 0.2) is 30.5 Å². The van der Waals surface area contributed by atoms with Crippen LogP contribution in [0.5, 0.6) is 0 Å². The average molecular weight is 275 g/mol. The summed E-state index contributed by atoms with van der Waals surface area (Å²) in [6.45, 7) is 0. The van der Waals surface area contributed by atoms with Gasteiger partial charge in [-0.3, -0.25) is 0 Å². The van der Waals surface area contributed by atoms with E-state index in [2.05, 4.69) is 10.3 Å². The molecule has 0 amide bonds.